The lowest BCUT2D eigenvalue weighted by molar-refractivity contribution is -0.128. The zero-order valence-electron chi connectivity index (χ0n) is 9.14. The third-order valence-electron chi connectivity index (χ3n) is 2.43. The molecule has 1 atom stereocenters. The average Bonchev–Trinajstić information content (AvgIpc) is 2.76. The van der Waals surface area contributed by atoms with Crippen LogP contribution in [0.25, 0.3) is 0 Å². The molecular weight excluding hydrogens is 194 g/mol. The Balaban J connectivity index is 2.12. The number of carbonyl (C=O) groups excluding carboxylic acids is 2. The molecule has 3 N–H and O–H groups in total. The van der Waals surface area contributed by atoms with Gasteiger partial charge in [0.25, 0.3) is 0 Å². The topological polar surface area (TPSA) is 70.2 Å². The first-order valence-corrected chi connectivity index (χ1v) is 5.49. The second kappa shape index (κ2) is 6.40. The summed E-state index contributed by atoms with van der Waals surface area (Å²) in [5, 5.41) is 8.47. The minimum atomic E-state index is -0.115. The molecule has 1 aliphatic heterocycles. The molecule has 0 saturated carbocycles. The van der Waals surface area contributed by atoms with Gasteiger partial charge in [-0.15, -0.1) is 0 Å². The van der Waals surface area contributed by atoms with Gasteiger partial charge in [0, 0.05) is 13.1 Å². The first kappa shape index (κ1) is 12.0. The largest absolute Gasteiger partial charge is 0.355 e. The van der Waals surface area contributed by atoms with E-state index in [1.54, 1.807) is 0 Å². The van der Waals surface area contributed by atoms with Gasteiger partial charge in [0.05, 0.1) is 12.5 Å². The number of amides is 2. The first-order chi connectivity index (χ1) is 7.24. The fourth-order valence-electron chi connectivity index (χ4n) is 1.52. The molecule has 0 radical (unpaired) electrons. The standard InChI is InChI=1S/C10H19N3O2/c1-2-4-12-9(14)7-13-10(15)8-3-5-11-6-8/h8,11H,2-7H2,1H3,(H,12,14)(H,13,15)/t8-/m1/s1. The Hall–Kier alpha value is -1.10. The molecule has 0 spiro atoms. The number of carbonyl (C=O) groups is 2. The van der Waals surface area contributed by atoms with Crippen LogP contribution in [0.5, 0.6) is 0 Å². The number of rotatable bonds is 5. The summed E-state index contributed by atoms with van der Waals surface area (Å²) in [6, 6.07) is 0. The third-order valence-corrected chi connectivity index (χ3v) is 2.43. The predicted molar refractivity (Wildman–Crippen MR) is 57.3 cm³/mol. The van der Waals surface area contributed by atoms with Gasteiger partial charge in [0.15, 0.2) is 0 Å². The van der Waals surface area contributed by atoms with Crippen LogP contribution in [-0.2, 0) is 9.59 Å². The van der Waals surface area contributed by atoms with Gasteiger partial charge >= 0.3 is 0 Å². The lowest BCUT2D eigenvalue weighted by Crippen LogP contribution is -2.40. The predicted octanol–water partition coefficient (Wildman–Crippen LogP) is -0.762. The minimum absolute atomic E-state index is 0.0216. The summed E-state index contributed by atoms with van der Waals surface area (Å²) in [4.78, 5) is 22.7. The molecule has 0 unspecified atom stereocenters. The van der Waals surface area contributed by atoms with Crippen LogP contribution in [0.2, 0.25) is 0 Å². The normalized spacial score (nSPS) is 19.9. The molecule has 86 valence electrons. The molecule has 1 heterocycles. The molecule has 15 heavy (non-hydrogen) atoms. The van der Waals surface area contributed by atoms with Gasteiger partial charge < -0.3 is 16.0 Å². The van der Waals surface area contributed by atoms with Crippen molar-refractivity contribution in [3.05, 3.63) is 0 Å². The summed E-state index contributed by atoms with van der Waals surface area (Å²) in [7, 11) is 0. The smallest absolute Gasteiger partial charge is 0.239 e. The zero-order valence-corrected chi connectivity index (χ0v) is 9.14. The van der Waals surface area contributed by atoms with Crippen molar-refractivity contribution in [1.29, 1.82) is 0 Å². The van der Waals surface area contributed by atoms with Gasteiger partial charge in [-0.25, -0.2) is 0 Å². The Kier molecular flexibility index (Phi) is 5.10. The van der Waals surface area contributed by atoms with Crippen molar-refractivity contribution in [2.75, 3.05) is 26.2 Å². The van der Waals surface area contributed by atoms with E-state index in [1.165, 1.54) is 0 Å². The molecular formula is C10H19N3O2. The van der Waals surface area contributed by atoms with Gasteiger partial charge in [-0.05, 0) is 19.4 Å². The number of nitrogens with one attached hydrogen (secondary N) is 3. The second-order valence-corrected chi connectivity index (χ2v) is 3.76. The molecule has 5 heteroatoms. The van der Waals surface area contributed by atoms with Crippen LogP contribution in [-0.4, -0.2) is 38.0 Å². The van der Waals surface area contributed by atoms with Crippen LogP contribution < -0.4 is 16.0 Å². The van der Waals surface area contributed by atoms with Crippen molar-refractivity contribution in [2.45, 2.75) is 19.8 Å². The highest BCUT2D eigenvalue weighted by Gasteiger charge is 2.22. The van der Waals surface area contributed by atoms with Crippen LogP contribution >= 0.6 is 0 Å². The van der Waals surface area contributed by atoms with E-state index in [0.29, 0.717) is 6.54 Å². The van der Waals surface area contributed by atoms with Crippen LogP contribution in [0.1, 0.15) is 19.8 Å². The molecule has 2 amide bonds. The van der Waals surface area contributed by atoms with E-state index >= 15 is 0 Å². The van der Waals surface area contributed by atoms with E-state index in [0.717, 1.165) is 25.9 Å². The van der Waals surface area contributed by atoms with Gasteiger partial charge in [0.1, 0.15) is 0 Å². The van der Waals surface area contributed by atoms with Crippen LogP contribution in [0, 0.1) is 5.92 Å². The molecule has 0 aromatic carbocycles. The fraction of sp³-hybridized carbons (Fsp3) is 0.800. The van der Waals surface area contributed by atoms with E-state index in [1.807, 2.05) is 6.92 Å². The van der Waals surface area contributed by atoms with Crippen LogP contribution in [0.4, 0.5) is 0 Å². The molecule has 1 saturated heterocycles. The second-order valence-electron chi connectivity index (χ2n) is 3.76. The van der Waals surface area contributed by atoms with E-state index in [2.05, 4.69) is 16.0 Å². The number of hydrogen-bond donors (Lipinski definition) is 3. The molecule has 0 aromatic rings. The molecule has 1 rings (SSSR count). The van der Waals surface area contributed by atoms with Crippen LogP contribution in [0.15, 0.2) is 0 Å². The van der Waals surface area contributed by atoms with Crippen molar-refractivity contribution in [3.63, 3.8) is 0 Å². The van der Waals surface area contributed by atoms with Gasteiger partial charge in [-0.2, -0.15) is 0 Å². The highest BCUT2D eigenvalue weighted by molar-refractivity contribution is 5.86. The maximum absolute atomic E-state index is 11.5. The van der Waals surface area contributed by atoms with Crippen molar-refractivity contribution < 1.29 is 9.59 Å². The van der Waals surface area contributed by atoms with E-state index in [-0.39, 0.29) is 24.3 Å². The Morgan fingerprint density at radius 3 is 2.80 bits per heavy atom. The zero-order chi connectivity index (χ0) is 11.1. The lowest BCUT2D eigenvalue weighted by Gasteiger charge is -2.09. The van der Waals surface area contributed by atoms with Crippen molar-refractivity contribution >= 4 is 11.8 Å². The average molecular weight is 213 g/mol. The SMILES string of the molecule is CCCNC(=O)CNC(=O)[C@@H]1CCNC1. The quantitative estimate of drug-likeness (QED) is 0.562. The summed E-state index contributed by atoms with van der Waals surface area (Å²) in [6.07, 6.45) is 1.77. The van der Waals surface area contributed by atoms with Crippen molar-refractivity contribution in [2.24, 2.45) is 5.92 Å². The van der Waals surface area contributed by atoms with E-state index in [4.69, 9.17) is 0 Å². The Labute approximate surface area is 90.0 Å². The highest BCUT2D eigenvalue weighted by atomic mass is 16.2. The summed E-state index contributed by atoms with van der Waals surface area (Å²) < 4.78 is 0. The van der Waals surface area contributed by atoms with Crippen molar-refractivity contribution in [3.8, 4) is 0 Å². The third kappa shape index (κ3) is 4.29. The van der Waals surface area contributed by atoms with Gasteiger partial charge in [-0.3, -0.25) is 9.59 Å². The monoisotopic (exact) mass is 213 g/mol. The van der Waals surface area contributed by atoms with Gasteiger partial charge in [0.2, 0.25) is 11.8 Å². The molecule has 0 bridgehead atoms. The molecule has 0 aromatic heterocycles. The molecule has 1 fully saturated rings. The summed E-state index contributed by atoms with van der Waals surface area (Å²) in [5.41, 5.74) is 0. The fourth-order valence-corrected chi connectivity index (χ4v) is 1.52. The van der Waals surface area contributed by atoms with E-state index < -0.39 is 0 Å². The summed E-state index contributed by atoms with van der Waals surface area (Å²) >= 11 is 0. The molecule has 0 aliphatic carbocycles. The Morgan fingerprint density at radius 2 is 2.20 bits per heavy atom. The maximum atomic E-state index is 11.5. The maximum Gasteiger partial charge on any atom is 0.239 e. The van der Waals surface area contributed by atoms with Gasteiger partial charge in [-0.1, -0.05) is 6.92 Å². The number of hydrogen-bond acceptors (Lipinski definition) is 3. The Morgan fingerprint density at radius 1 is 1.40 bits per heavy atom. The van der Waals surface area contributed by atoms with Crippen molar-refractivity contribution in [1.82, 2.24) is 16.0 Å². The minimum Gasteiger partial charge on any atom is -0.355 e. The molecule has 1 aliphatic rings. The summed E-state index contributed by atoms with van der Waals surface area (Å²) in [5.74, 6) is -0.105. The Bertz CT molecular complexity index is 225. The lowest BCUT2D eigenvalue weighted by atomic mass is 10.1. The summed E-state index contributed by atoms with van der Waals surface area (Å²) in [6.45, 7) is 4.36. The van der Waals surface area contributed by atoms with E-state index in [9.17, 15) is 9.59 Å². The van der Waals surface area contributed by atoms with Crippen LogP contribution in [0.3, 0.4) is 0 Å². The first-order valence-electron chi connectivity index (χ1n) is 5.49. The highest BCUT2D eigenvalue weighted by Crippen LogP contribution is 2.06. The molecule has 5 nitrogen and oxygen atoms in total.